The molecule has 0 unspecified atom stereocenters. The Balaban J connectivity index is 2.95. The van der Waals surface area contributed by atoms with E-state index < -0.39 is 30.6 Å². The Morgan fingerprint density at radius 1 is 1.24 bits per heavy atom. The van der Waals surface area contributed by atoms with Crippen molar-refractivity contribution in [1.82, 2.24) is 4.72 Å². The Labute approximate surface area is 124 Å². The zero-order valence-corrected chi connectivity index (χ0v) is 13.1. The first-order chi connectivity index (χ1) is 9.68. The summed E-state index contributed by atoms with van der Waals surface area (Å²) in [5, 5.41) is 0. The molecule has 0 amide bonds. The van der Waals surface area contributed by atoms with Crippen LogP contribution in [-0.2, 0) is 19.9 Å². The molecule has 21 heavy (non-hydrogen) atoms. The van der Waals surface area contributed by atoms with Gasteiger partial charge in [-0.1, -0.05) is 0 Å². The fraction of sp³-hybridized carbons (Fsp3) is 0.385. The number of terminal acetylenes is 1. The van der Waals surface area contributed by atoms with E-state index in [4.69, 9.17) is 6.42 Å². The third-order valence-corrected chi connectivity index (χ3v) is 5.25. The largest absolute Gasteiger partial charge is 0.243 e. The summed E-state index contributed by atoms with van der Waals surface area (Å²) in [6, 6.07) is 2.66. The molecule has 116 valence electrons. The number of hydrogen-bond donors (Lipinski definition) is 1. The molecule has 0 aliphatic heterocycles. The lowest BCUT2D eigenvalue weighted by Gasteiger charge is -2.08. The summed E-state index contributed by atoms with van der Waals surface area (Å²) in [6.07, 6.45) is 7.67. The van der Waals surface area contributed by atoms with Crippen molar-refractivity contribution in [3.63, 3.8) is 0 Å². The molecule has 0 saturated carbocycles. The van der Waals surface area contributed by atoms with Crippen LogP contribution in [0, 0.1) is 18.2 Å². The average Bonchev–Trinajstić information content (AvgIpc) is 2.37. The van der Waals surface area contributed by atoms with Gasteiger partial charge < -0.3 is 0 Å². The molecular formula is C13H16FNO4S2. The van der Waals surface area contributed by atoms with E-state index >= 15 is 0 Å². The first-order valence-corrected chi connectivity index (χ1v) is 9.48. The van der Waals surface area contributed by atoms with E-state index in [0.717, 1.165) is 24.5 Å². The molecule has 0 heterocycles. The van der Waals surface area contributed by atoms with Gasteiger partial charge in [0.15, 0.2) is 9.84 Å². The summed E-state index contributed by atoms with van der Waals surface area (Å²) in [6.45, 7) is 0.104. The van der Waals surface area contributed by atoms with Crippen molar-refractivity contribution < 1.29 is 21.2 Å². The maximum Gasteiger partial charge on any atom is 0.243 e. The second-order valence-corrected chi connectivity index (χ2v) is 8.17. The highest BCUT2D eigenvalue weighted by molar-refractivity contribution is 7.91. The number of nitrogens with one attached hydrogen (secondary N) is 1. The van der Waals surface area contributed by atoms with Crippen molar-refractivity contribution in [1.29, 1.82) is 0 Å². The SMILES string of the molecule is C#CCCCCNS(=O)(=O)c1cc(S(C)(=O)=O)ccc1F. The molecule has 1 aromatic carbocycles. The standard InChI is InChI=1S/C13H16FNO4S2/c1-3-4-5-6-9-15-21(18,19)13-10-11(20(2,16)17)7-8-12(13)14/h1,7-8,10,15H,4-6,9H2,2H3. The minimum absolute atomic E-state index is 0.104. The summed E-state index contributed by atoms with van der Waals surface area (Å²) in [4.78, 5) is -0.931. The second kappa shape index (κ2) is 7.02. The van der Waals surface area contributed by atoms with Crippen molar-refractivity contribution >= 4 is 19.9 Å². The van der Waals surface area contributed by atoms with Gasteiger partial charge in [-0.2, -0.15) is 0 Å². The smallest absolute Gasteiger partial charge is 0.224 e. The summed E-state index contributed by atoms with van der Waals surface area (Å²) < 4.78 is 62.6. The van der Waals surface area contributed by atoms with E-state index in [-0.39, 0.29) is 11.4 Å². The third-order valence-electron chi connectivity index (χ3n) is 2.66. The van der Waals surface area contributed by atoms with E-state index in [0.29, 0.717) is 19.3 Å². The summed E-state index contributed by atoms with van der Waals surface area (Å²) in [5.41, 5.74) is 0. The van der Waals surface area contributed by atoms with Crippen LogP contribution in [0.4, 0.5) is 4.39 Å². The lowest BCUT2D eigenvalue weighted by molar-refractivity contribution is 0.552. The zero-order valence-electron chi connectivity index (χ0n) is 11.5. The number of sulfone groups is 1. The molecule has 0 bridgehead atoms. The number of unbranched alkanes of at least 4 members (excludes halogenated alkanes) is 2. The molecule has 1 rings (SSSR count). The highest BCUT2D eigenvalue weighted by atomic mass is 32.2. The summed E-state index contributed by atoms with van der Waals surface area (Å²) >= 11 is 0. The van der Waals surface area contributed by atoms with Gasteiger partial charge in [-0.3, -0.25) is 0 Å². The minimum atomic E-state index is -4.10. The molecule has 0 atom stereocenters. The van der Waals surface area contributed by atoms with Crippen LogP contribution >= 0.6 is 0 Å². The second-order valence-electron chi connectivity index (χ2n) is 4.42. The van der Waals surface area contributed by atoms with Gasteiger partial charge in [0.2, 0.25) is 10.0 Å². The Morgan fingerprint density at radius 3 is 2.48 bits per heavy atom. The van der Waals surface area contributed by atoms with Crippen LogP contribution in [0.5, 0.6) is 0 Å². The zero-order chi connectivity index (χ0) is 16.1. The normalized spacial score (nSPS) is 12.0. The van der Waals surface area contributed by atoms with Gasteiger partial charge in [-0.05, 0) is 31.0 Å². The molecule has 1 aromatic rings. The van der Waals surface area contributed by atoms with Crippen molar-refractivity contribution in [3.05, 3.63) is 24.0 Å². The maximum atomic E-state index is 13.6. The number of sulfonamides is 1. The summed E-state index contributed by atoms with van der Waals surface area (Å²) in [5.74, 6) is 1.42. The quantitative estimate of drug-likeness (QED) is 0.463. The van der Waals surface area contributed by atoms with Crippen LogP contribution in [0.25, 0.3) is 0 Å². The molecule has 1 N–H and O–H groups in total. The predicted molar refractivity (Wildman–Crippen MR) is 77.4 cm³/mol. The lowest BCUT2D eigenvalue weighted by atomic mass is 10.2. The molecule has 0 radical (unpaired) electrons. The molecule has 0 aliphatic rings. The van der Waals surface area contributed by atoms with Gasteiger partial charge in [-0.15, -0.1) is 12.3 Å². The molecule has 8 heteroatoms. The van der Waals surface area contributed by atoms with Crippen molar-refractivity contribution in [2.75, 3.05) is 12.8 Å². The monoisotopic (exact) mass is 333 g/mol. The summed E-state index contributed by atoms with van der Waals surface area (Å²) in [7, 11) is -7.72. The number of rotatable bonds is 7. The lowest BCUT2D eigenvalue weighted by Crippen LogP contribution is -2.26. The molecule has 0 saturated heterocycles. The van der Waals surface area contributed by atoms with Crippen LogP contribution in [0.1, 0.15) is 19.3 Å². The van der Waals surface area contributed by atoms with Crippen LogP contribution in [-0.4, -0.2) is 29.6 Å². The van der Waals surface area contributed by atoms with Gasteiger partial charge in [-0.25, -0.2) is 25.9 Å². The van der Waals surface area contributed by atoms with Gasteiger partial charge in [0.05, 0.1) is 4.90 Å². The first-order valence-electron chi connectivity index (χ1n) is 6.11. The number of halogens is 1. The number of benzene rings is 1. The van der Waals surface area contributed by atoms with E-state index in [2.05, 4.69) is 10.6 Å². The van der Waals surface area contributed by atoms with E-state index in [1.807, 2.05) is 0 Å². The highest BCUT2D eigenvalue weighted by Gasteiger charge is 2.21. The fourth-order valence-corrected chi connectivity index (χ4v) is 3.45. The van der Waals surface area contributed by atoms with Gasteiger partial charge in [0.25, 0.3) is 0 Å². The maximum absolute atomic E-state index is 13.6. The van der Waals surface area contributed by atoms with Crippen molar-refractivity contribution in [3.8, 4) is 12.3 Å². The molecule has 0 aliphatic carbocycles. The Bertz CT molecular complexity index is 749. The van der Waals surface area contributed by atoms with E-state index in [1.165, 1.54) is 0 Å². The van der Waals surface area contributed by atoms with Gasteiger partial charge in [0.1, 0.15) is 10.7 Å². The van der Waals surface area contributed by atoms with Crippen LogP contribution < -0.4 is 4.72 Å². The van der Waals surface area contributed by atoms with Crippen LogP contribution in [0.2, 0.25) is 0 Å². The Kier molecular flexibility index (Phi) is 5.89. The highest BCUT2D eigenvalue weighted by Crippen LogP contribution is 2.19. The topological polar surface area (TPSA) is 80.3 Å². The Morgan fingerprint density at radius 2 is 1.90 bits per heavy atom. The molecule has 5 nitrogen and oxygen atoms in total. The van der Waals surface area contributed by atoms with Crippen molar-refractivity contribution in [2.24, 2.45) is 0 Å². The molecule has 0 fully saturated rings. The van der Waals surface area contributed by atoms with E-state index in [1.54, 1.807) is 0 Å². The third kappa shape index (κ3) is 5.12. The molecule has 0 spiro atoms. The minimum Gasteiger partial charge on any atom is -0.224 e. The van der Waals surface area contributed by atoms with E-state index in [9.17, 15) is 21.2 Å². The first kappa shape index (κ1) is 17.6. The Hall–Kier alpha value is -1.43. The predicted octanol–water partition coefficient (Wildman–Crippen LogP) is 1.31. The van der Waals surface area contributed by atoms with Crippen molar-refractivity contribution in [2.45, 2.75) is 29.1 Å². The van der Waals surface area contributed by atoms with Crippen LogP contribution in [0.3, 0.4) is 0 Å². The van der Waals surface area contributed by atoms with Gasteiger partial charge in [0, 0.05) is 19.2 Å². The molecular weight excluding hydrogens is 317 g/mol. The molecule has 0 aromatic heterocycles. The average molecular weight is 333 g/mol. The van der Waals surface area contributed by atoms with Gasteiger partial charge >= 0.3 is 0 Å². The fourth-order valence-electron chi connectivity index (χ4n) is 1.56. The number of hydrogen-bond acceptors (Lipinski definition) is 4. The van der Waals surface area contributed by atoms with Crippen LogP contribution in [0.15, 0.2) is 28.0 Å².